The van der Waals surface area contributed by atoms with Gasteiger partial charge in [0, 0.05) is 44.0 Å². The number of rotatable bonds is 9. The minimum atomic E-state index is -0.252. The van der Waals surface area contributed by atoms with E-state index in [4.69, 9.17) is 9.47 Å². The lowest BCUT2D eigenvalue weighted by Gasteiger charge is -2.26. The molecule has 0 unspecified atom stereocenters. The van der Waals surface area contributed by atoms with Crippen LogP contribution in [0.15, 0.2) is 24.3 Å². The Hall–Kier alpha value is -2.16. The van der Waals surface area contributed by atoms with Crippen molar-refractivity contribution in [2.75, 3.05) is 56.6 Å². The van der Waals surface area contributed by atoms with Crippen molar-refractivity contribution in [3.8, 4) is 0 Å². The second kappa shape index (κ2) is 11.7. The van der Waals surface area contributed by atoms with E-state index in [1.807, 2.05) is 0 Å². The Bertz CT molecular complexity index is 641. The Morgan fingerprint density at radius 1 is 1.00 bits per heavy atom. The van der Waals surface area contributed by atoms with Crippen LogP contribution in [-0.4, -0.2) is 68.9 Å². The molecule has 8 heteroatoms. The van der Waals surface area contributed by atoms with E-state index in [1.54, 1.807) is 24.3 Å². The molecule has 1 aromatic rings. The normalized spacial score (nSPS) is 19.7. The highest BCUT2D eigenvalue weighted by Crippen LogP contribution is 2.15. The summed E-state index contributed by atoms with van der Waals surface area (Å²) in [6, 6.07) is 6.89. The van der Waals surface area contributed by atoms with Crippen LogP contribution in [0.5, 0.6) is 0 Å². The standard InChI is InChI=1S/C21H32N4O4/c26-20(5-1-2-10-25-11-14-28-15-12-25)23-17-6-8-18(9-7-17)24-21(27)22-16-19-4-3-13-29-19/h6-9,19H,1-5,10-16H2,(H,23,26)(H2,22,24,27)/t19-/m1/s1. The minimum Gasteiger partial charge on any atom is -0.379 e. The van der Waals surface area contributed by atoms with Crippen LogP contribution in [0, 0.1) is 0 Å². The van der Waals surface area contributed by atoms with Crippen LogP contribution >= 0.6 is 0 Å². The maximum atomic E-state index is 12.1. The van der Waals surface area contributed by atoms with Crippen molar-refractivity contribution in [3.63, 3.8) is 0 Å². The predicted molar refractivity (Wildman–Crippen MR) is 112 cm³/mol. The van der Waals surface area contributed by atoms with Crippen molar-refractivity contribution in [2.45, 2.75) is 38.2 Å². The fourth-order valence-electron chi connectivity index (χ4n) is 3.49. The summed E-state index contributed by atoms with van der Waals surface area (Å²) in [4.78, 5) is 26.4. The molecule has 2 fully saturated rings. The van der Waals surface area contributed by atoms with Crippen LogP contribution in [0.2, 0.25) is 0 Å². The van der Waals surface area contributed by atoms with Crippen LogP contribution in [0.25, 0.3) is 0 Å². The smallest absolute Gasteiger partial charge is 0.319 e. The molecule has 1 atom stereocenters. The molecule has 0 bridgehead atoms. The lowest BCUT2D eigenvalue weighted by atomic mass is 10.2. The Morgan fingerprint density at radius 2 is 1.72 bits per heavy atom. The molecule has 0 aliphatic carbocycles. The van der Waals surface area contributed by atoms with E-state index in [9.17, 15) is 9.59 Å². The number of amides is 3. The summed E-state index contributed by atoms with van der Waals surface area (Å²) in [5, 5.41) is 8.51. The van der Waals surface area contributed by atoms with E-state index in [0.29, 0.717) is 18.7 Å². The molecular formula is C21H32N4O4. The molecule has 160 valence electrons. The maximum absolute atomic E-state index is 12.1. The number of morpholine rings is 1. The number of anilines is 2. The zero-order valence-electron chi connectivity index (χ0n) is 17.0. The van der Waals surface area contributed by atoms with E-state index in [0.717, 1.165) is 70.8 Å². The van der Waals surface area contributed by atoms with Crippen LogP contribution in [-0.2, 0) is 14.3 Å². The van der Waals surface area contributed by atoms with Crippen molar-refractivity contribution in [2.24, 2.45) is 0 Å². The Labute approximate surface area is 172 Å². The molecule has 0 saturated carbocycles. The zero-order valence-corrected chi connectivity index (χ0v) is 17.0. The average molecular weight is 405 g/mol. The van der Waals surface area contributed by atoms with Crippen molar-refractivity contribution in [1.29, 1.82) is 0 Å². The van der Waals surface area contributed by atoms with Gasteiger partial charge in [-0.15, -0.1) is 0 Å². The highest BCUT2D eigenvalue weighted by Gasteiger charge is 2.16. The summed E-state index contributed by atoms with van der Waals surface area (Å²) in [6.45, 7) is 5.90. The lowest BCUT2D eigenvalue weighted by molar-refractivity contribution is -0.116. The summed E-state index contributed by atoms with van der Waals surface area (Å²) in [5.41, 5.74) is 1.41. The first-order chi connectivity index (χ1) is 14.2. The fraction of sp³-hybridized carbons (Fsp3) is 0.619. The third-order valence-corrected chi connectivity index (χ3v) is 5.17. The summed E-state index contributed by atoms with van der Waals surface area (Å²) in [6.07, 6.45) is 4.55. The Morgan fingerprint density at radius 3 is 2.41 bits per heavy atom. The number of carbonyl (C=O) groups excluding carboxylic acids is 2. The number of nitrogens with one attached hydrogen (secondary N) is 3. The molecule has 2 aliphatic rings. The van der Waals surface area contributed by atoms with E-state index in [2.05, 4.69) is 20.9 Å². The molecular weight excluding hydrogens is 372 g/mol. The highest BCUT2D eigenvalue weighted by molar-refractivity contribution is 5.92. The molecule has 3 N–H and O–H groups in total. The van der Waals surface area contributed by atoms with Gasteiger partial charge >= 0.3 is 6.03 Å². The second-order valence-electron chi connectivity index (χ2n) is 7.51. The molecule has 3 rings (SSSR count). The Kier molecular flexibility index (Phi) is 8.73. The van der Waals surface area contributed by atoms with Crippen molar-refractivity contribution >= 4 is 23.3 Å². The van der Waals surface area contributed by atoms with Crippen LogP contribution in [0.4, 0.5) is 16.2 Å². The van der Waals surface area contributed by atoms with Gasteiger partial charge in [0.2, 0.25) is 5.91 Å². The fourth-order valence-corrected chi connectivity index (χ4v) is 3.49. The number of urea groups is 1. The molecule has 2 saturated heterocycles. The molecule has 2 heterocycles. The van der Waals surface area contributed by atoms with Crippen molar-refractivity contribution in [3.05, 3.63) is 24.3 Å². The van der Waals surface area contributed by atoms with E-state index < -0.39 is 0 Å². The number of hydrogen-bond acceptors (Lipinski definition) is 5. The number of benzene rings is 1. The number of hydrogen-bond donors (Lipinski definition) is 3. The second-order valence-corrected chi connectivity index (χ2v) is 7.51. The van der Waals surface area contributed by atoms with Crippen LogP contribution in [0.1, 0.15) is 32.1 Å². The zero-order chi connectivity index (χ0) is 20.3. The third kappa shape index (κ3) is 8.00. The van der Waals surface area contributed by atoms with E-state index in [1.165, 1.54) is 0 Å². The molecule has 29 heavy (non-hydrogen) atoms. The van der Waals surface area contributed by atoms with Gasteiger partial charge in [0.15, 0.2) is 0 Å². The van der Waals surface area contributed by atoms with Crippen molar-refractivity contribution < 1.29 is 19.1 Å². The summed E-state index contributed by atoms with van der Waals surface area (Å²) >= 11 is 0. The average Bonchev–Trinajstić information content (AvgIpc) is 3.26. The minimum absolute atomic E-state index is 0.0157. The number of carbonyl (C=O) groups is 2. The number of unbranched alkanes of at least 4 members (excludes halogenated alkanes) is 1. The molecule has 3 amide bonds. The van der Waals surface area contributed by atoms with Gasteiger partial charge in [-0.3, -0.25) is 9.69 Å². The third-order valence-electron chi connectivity index (χ3n) is 5.17. The van der Waals surface area contributed by atoms with Crippen LogP contribution in [0.3, 0.4) is 0 Å². The van der Waals surface area contributed by atoms with Crippen LogP contribution < -0.4 is 16.0 Å². The van der Waals surface area contributed by atoms with Gasteiger partial charge in [-0.25, -0.2) is 4.79 Å². The molecule has 0 spiro atoms. The van der Waals surface area contributed by atoms with Gasteiger partial charge in [0.25, 0.3) is 0 Å². The van der Waals surface area contributed by atoms with Gasteiger partial charge in [0.1, 0.15) is 0 Å². The molecule has 0 radical (unpaired) electrons. The maximum Gasteiger partial charge on any atom is 0.319 e. The summed E-state index contributed by atoms with van der Waals surface area (Å²) in [7, 11) is 0. The highest BCUT2D eigenvalue weighted by atomic mass is 16.5. The summed E-state index contributed by atoms with van der Waals surface area (Å²) < 4.78 is 10.8. The van der Waals surface area contributed by atoms with E-state index >= 15 is 0 Å². The summed E-state index contributed by atoms with van der Waals surface area (Å²) in [5.74, 6) is 0.0157. The Balaban J connectivity index is 1.29. The first-order valence-corrected chi connectivity index (χ1v) is 10.6. The SMILES string of the molecule is O=C(CCCCN1CCOCC1)Nc1ccc(NC(=O)NC[C@H]2CCCO2)cc1. The largest absolute Gasteiger partial charge is 0.379 e. The molecule has 0 aromatic heterocycles. The number of nitrogens with zero attached hydrogens (tertiary/aromatic N) is 1. The predicted octanol–water partition coefficient (Wildman–Crippen LogP) is 2.43. The van der Waals surface area contributed by atoms with Gasteiger partial charge in [-0.05, 0) is 56.5 Å². The monoisotopic (exact) mass is 404 g/mol. The van der Waals surface area contributed by atoms with Gasteiger partial charge in [-0.2, -0.15) is 0 Å². The van der Waals surface area contributed by atoms with Gasteiger partial charge in [0.05, 0.1) is 19.3 Å². The van der Waals surface area contributed by atoms with E-state index in [-0.39, 0.29) is 18.0 Å². The first-order valence-electron chi connectivity index (χ1n) is 10.6. The van der Waals surface area contributed by atoms with Gasteiger partial charge < -0.3 is 25.4 Å². The first kappa shape index (κ1) is 21.5. The molecule has 2 aliphatic heterocycles. The quantitative estimate of drug-likeness (QED) is 0.550. The molecule has 1 aromatic carbocycles. The van der Waals surface area contributed by atoms with Gasteiger partial charge in [-0.1, -0.05) is 0 Å². The number of ether oxygens (including phenoxy) is 2. The van der Waals surface area contributed by atoms with Crippen molar-refractivity contribution in [1.82, 2.24) is 10.2 Å². The topological polar surface area (TPSA) is 91.9 Å². The molecule has 8 nitrogen and oxygen atoms in total. The lowest BCUT2D eigenvalue weighted by Crippen LogP contribution is -2.36.